The van der Waals surface area contributed by atoms with Crippen LogP contribution >= 0.6 is 0 Å². The Morgan fingerprint density at radius 1 is 1.43 bits per heavy atom. The first-order valence-electron chi connectivity index (χ1n) is 6.99. The number of aryl methyl sites for hydroxylation is 2. The number of hydrogen-bond donors (Lipinski definition) is 2. The number of anilines is 1. The third kappa shape index (κ3) is 3.18. The zero-order valence-corrected chi connectivity index (χ0v) is 12.1. The fourth-order valence-electron chi connectivity index (χ4n) is 2.22. The third-order valence-electron chi connectivity index (χ3n) is 3.59. The first kappa shape index (κ1) is 13.5. The molecule has 1 saturated carbocycles. The molecule has 0 aromatic carbocycles. The Labute approximate surface area is 122 Å². The van der Waals surface area contributed by atoms with Crippen LogP contribution in [0.2, 0.25) is 0 Å². The summed E-state index contributed by atoms with van der Waals surface area (Å²) in [6.45, 7) is 1.83. The number of carbonyl (C=O) groups is 1. The van der Waals surface area contributed by atoms with Gasteiger partial charge in [0.2, 0.25) is 5.95 Å². The molecular formula is C14H18N6O. The van der Waals surface area contributed by atoms with Crippen LogP contribution in [0.25, 0.3) is 0 Å². The van der Waals surface area contributed by atoms with Gasteiger partial charge in [0.15, 0.2) is 0 Å². The molecule has 2 amide bonds. The molecule has 2 aromatic rings. The summed E-state index contributed by atoms with van der Waals surface area (Å²) in [5, 5.41) is 9.74. The van der Waals surface area contributed by atoms with Gasteiger partial charge in [0.05, 0.1) is 11.7 Å². The molecule has 1 fully saturated rings. The summed E-state index contributed by atoms with van der Waals surface area (Å²) in [4.78, 5) is 20.6. The Kier molecular flexibility index (Phi) is 3.55. The van der Waals surface area contributed by atoms with E-state index in [9.17, 15) is 4.79 Å². The Hall–Kier alpha value is -2.44. The van der Waals surface area contributed by atoms with Crippen LogP contribution < -0.4 is 10.6 Å². The monoisotopic (exact) mass is 286 g/mol. The fraction of sp³-hybridized carbons (Fsp3) is 0.429. The highest BCUT2D eigenvalue weighted by molar-refractivity contribution is 5.87. The van der Waals surface area contributed by atoms with Crippen LogP contribution in [0.15, 0.2) is 24.4 Å². The SMILES string of the molecule is Cc1nc(NC(=O)NC(c2ccccn2)C2CC2)nn1C. The Bertz CT molecular complexity index is 615. The van der Waals surface area contributed by atoms with E-state index in [-0.39, 0.29) is 12.1 Å². The van der Waals surface area contributed by atoms with Crippen molar-refractivity contribution in [3.63, 3.8) is 0 Å². The molecule has 3 rings (SSSR count). The van der Waals surface area contributed by atoms with Crippen molar-refractivity contribution in [2.45, 2.75) is 25.8 Å². The van der Waals surface area contributed by atoms with E-state index in [1.54, 1.807) is 17.9 Å². The fourth-order valence-corrected chi connectivity index (χ4v) is 2.22. The summed E-state index contributed by atoms with van der Waals surface area (Å²) in [6, 6.07) is 5.38. The molecule has 7 heteroatoms. The van der Waals surface area contributed by atoms with Crippen LogP contribution in [0.4, 0.5) is 10.7 Å². The maximum Gasteiger partial charge on any atom is 0.322 e. The summed E-state index contributed by atoms with van der Waals surface area (Å²) in [7, 11) is 1.78. The Morgan fingerprint density at radius 2 is 2.24 bits per heavy atom. The highest BCUT2D eigenvalue weighted by atomic mass is 16.2. The van der Waals surface area contributed by atoms with Crippen LogP contribution in [0, 0.1) is 12.8 Å². The number of pyridine rings is 1. The van der Waals surface area contributed by atoms with Crippen LogP contribution in [-0.4, -0.2) is 25.8 Å². The number of urea groups is 1. The van der Waals surface area contributed by atoms with E-state index in [4.69, 9.17) is 0 Å². The second-order valence-electron chi connectivity index (χ2n) is 5.27. The molecule has 0 saturated heterocycles. The van der Waals surface area contributed by atoms with Crippen LogP contribution in [0.3, 0.4) is 0 Å². The Balaban J connectivity index is 1.67. The predicted molar refractivity (Wildman–Crippen MR) is 77.6 cm³/mol. The van der Waals surface area contributed by atoms with Gasteiger partial charge in [-0.05, 0) is 37.8 Å². The molecule has 1 unspecified atom stereocenters. The number of nitrogens with one attached hydrogen (secondary N) is 2. The minimum absolute atomic E-state index is 0.0593. The van der Waals surface area contributed by atoms with Crippen LogP contribution in [0.5, 0.6) is 0 Å². The van der Waals surface area contributed by atoms with Crippen molar-refractivity contribution in [1.29, 1.82) is 0 Å². The molecule has 0 aliphatic heterocycles. The summed E-state index contributed by atoms with van der Waals surface area (Å²) in [6.07, 6.45) is 3.97. The van der Waals surface area contributed by atoms with E-state index in [1.165, 1.54) is 0 Å². The van der Waals surface area contributed by atoms with Crippen LogP contribution in [0.1, 0.15) is 30.4 Å². The number of nitrogens with zero attached hydrogens (tertiary/aromatic N) is 4. The highest BCUT2D eigenvalue weighted by Crippen LogP contribution is 2.40. The van der Waals surface area contributed by atoms with E-state index in [1.807, 2.05) is 25.1 Å². The normalized spacial score (nSPS) is 15.5. The zero-order valence-electron chi connectivity index (χ0n) is 12.1. The molecule has 2 N–H and O–H groups in total. The van der Waals surface area contributed by atoms with Crippen molar-refractivity contribution in [3.8, 4) is 0 Å². The van der Waals surface area contributed by atoms with Gasteiger partial charge in [-0.2, -0.15) is 4.98 Å². The van der Waals surface area contributed by atoms with Gasteiger partial charge in [-0.15, -0.1) is 5.10 Å². The van der Waals surface area contributed by atoms with Gasteiger partial charge in [0, 0.05) is 13.2 Å². The number of amides is 2. The average molecular weight is 286 g/mol. The molecule has 0 spiro atoms. The van der Waals surface area contributed by atoms with Gasteiger partial charge < -0.3 is 5.32 Å². The molecule has 21 heavy (non-hydrogen) atoms. The highest BCUT2D eigenvalue weighted by Gasteiger charge is 2.34. The maximum absolute atomic E-state index is 12.1. The van der Waals surface area contributed by atoms with Gasteiger partial charge in [-0.3, -0.25) is 15.0 Å². The molecular weight excluding hydrogens is 268 g/mol. The average Bonchev–Trinajstić information content (AvgIpc) is 3.25. The van der Waals surface area contributed by atoms with Crippen molar-refractivity contribution in [3.05, 3.63) is 35.9 Å². The van der Waals surface area contributed by atoms with Gasteiger partial charge in [0.25, 0.3) is 0 Å². The zero-order chi connectivity index (χ0) is 14.8. The van der Waals surface area contributed by atoms with E-state index in [0.29, 0.717) is 11.9 Å². The van der Waals surface area contributed by atoms with Crippen molar-refractivity contribution < 1.29 is 4.79 Å². The minimum Gasteiger partial charge on any atom is -0.329 e. The number of aromatic nitrogens is 4. The molecule has 110 valence electrons. The molecule has 2 heterocycles. The van der Waals surface area contributed by atoms with Crippen molar-refractivity contribution in [1.82, 2.24) is 25.1 Å². The molecule has 0 bridgehead atoms. The first-order chi connectivity index (χ1) is 10.1. The second kappa shape index (κ2) is 5.51. The predicted octanol–water partition coefficient (Wildman–Crippen LogP) is 1.79. The topological polar surface area (TPSA) is 84.7 Å². The van der Waals surface area contributed by atoms with Gasteiger partial charge in [-0.1, -0.05) is 6.07 Å². The van der Waals surface area contributed by atoms with E-state index in [0.717, 1.165) is 24.4 Å². The summed E-state index contributed by atoms with van der Waals surface area (Å²) in [5.74, 6) is 1.51. The molecule has 1 aliphatic rings. The van der Waals surface area contributed by atoms with E-state index < -0.39 is 0 Å². The van der Waals surface area contributed by atoms with Gasteiger partial charge in [0.1, 0.15) is 5.82 Å². The quantitative estimate of drug-likeness (QED) is 0.897. The smallest absolute Gasteiger partial charge is 0.322 e. The minimum atomic E-state index is -0.303. The van der Waals surface area contributed by atoms with Gasteiger partial charge in [-0.25, -0.2) is 4.79 Å². The van der Waals surface area contributed by atoms with E-state index in [2.05, 4.69) is 25.7 Å². The lowest BCUT2D eigenvalue weighted by Gasteiger charge is -2.17. The third-order valence-corrected chi connectivity index (χ3v) is 3.59. The molecule has 0 radical (unpaired) electrons. The van der Waals surface area contributed by atoms with Crippen LogP contribution in [-0.2, 0) is 7.05 Å². The number of hydrogen-bond acceptors (Lipinski definition) is 4. The van der Waals surface area contributed by atoms with Crippen molar-refractivity contribution in [2.24, 2.45) is 13.0 Å². The number of rotatable bonds is 4. The lowest BCUT2D eigenvalue weighted by atomic mass is 10.1. The molecule has 7 nitrogen and oxygen atoms in total. The second-order valence-corrected chi connectivity index (χ2v) is 5.27. The standard InChI is InChI=1S/C14H18N6O/c1-9-16-13(19-20(9)2)18-14(21)17-12(10-6-7-10)11-5-3-4-8-15-11/h3-5,8,10,12H,6-7H2,1-2H3,(H2,17,18,19,21). The molecule has 2 aromatic heterocycles. The lowest BCUT2D eigenvalue weighted by Crippen LogP contribution is -2.34. The van der Waals surface area contributed by atoms with E-state index >= 15 is 0 Å². The van der Waals surface area contributed by atoms with Crippen molar-refractivity contribution >= 4 is 12.0 Å². The molecule has 1 aliphatic carbocycles. The maximum atomic E-state index is 12.1. The Morgan fingerprint density at radius 3 is 2.81 bits per heavy atom. The summed E-state index contributed by atoms with van der Waals surface area (Å²) < 4.78 is 1.62. The summed E-state index contributed by atoms with van der Waals surface area (Å²) >= 11 is 0. The van der Waals surface area contributed by atoms with Gasteiger partial charge >= 0.3 is 6.03 Å². The lowest BCUT2D eigenvalue weighted by molar-refractivity contribution is 0.246. The van der Waals surface area contributed by atoms with Crippen molar-refractivity contribution in [2.75, 3.05) is 5.32 Å². The summed E-state index contributed by atoms with van der Waals surface area (Å²) in [5.41, 5.74) is 0.889. The number of carbonyl (C=O) groups excluding carboxylic acids is 1. The first-order valence-corrected chi connectivity index (χ1v) is 6.99. The molecule has 1 atom stereocenters. The largest absolute Gasteiger partial charge is 0.329 e.